The second-order valence-electron chi connectivity index (χ2n) is 10.6. The van der Waals surface area contributed by atoms with Gasteiger partial charge in [0.1, 0.15) is 0 Å². The molecule has 0 aliphatic heterocycles. The second-order valence-corrected chi connectivity index (χ2v) is 10.6. The van der Waals surface area contributed by atoms with Gasteiger partial charge in [-0.25, -0.2) is 0 Å². The molecule has 0 aromatic carbocycles. The van der Waals surface area contributed by atoms with Gasteiger partial charge in [0, 0.05) is 6.61 Å². The fourth-order valence-corrected chi connectivity index (χ4v) is 8.18. The molecule has 138 valence electrons. The molecule has 4 fully saturated rings. The first kappa shape index (κ1) is 17.3. The topological polar surface area (TPSA) is 40.5 Å². The van der Waals surface area contributed by atoms with Crippen LogP contribution in [0.25, 0.3) is 0 Å². The molecule has 0 amide bonds. The Hall–Kier alpha value is -0.0800. The Kier molecular flexibility index (Phi) is 4.32. The van der Waals surface area contributed by atoms with Gasteiger partial charge in [-0.15, -0.1) is 0 Å². The number of aliphatic hydroxyl groups excluding tert-OH is 1. The van der Waals surface area contributed by atoms with Gasteiger partial charge in [-0.05, 0) is 112 Å². The van der Waals surface area contributed by atoms with Crippen LogP contribution in [0.5, 0.6) is 0 Å². The van der Waals surface area contributed by atoms with Crippen LogP contribution >= 0.6 is 0 Å². The minimum atomic E-state index is -0.397. The molecule has 9 atom stereocenters. The monoisotopic (exact) mass is 334 g/mol. The van der Waals surface area contributed by atoms with Crippen molar-refractivity contribution in [1.82, 2.24) is 0 Å². The van der Waals surface area contributed by atoms with Crippen molar-refractivity contribution >= 4 is 0 Å². The van der Waals surface area contributed by atoms with Crippen molar-refractivity contribution in [2.45, 2.75) is 84.2 Å². The zero-order valence-electron chi connectivity index (χ0n) is 16.0. The number of fused-ring (bicyclic) bond motifs is 5. The van der Waals surface area contributed by atoms with Gasteiger partial charge in [0.15, 0.2) is 0 Å². The van der Waals surface area contributed by atoms with E-state index in [9.17, 15) is 10.2 Å². The summed E-state index contributed by atoms with van der Waals surface area (Å²) in [5.74, 6) is 5.65. The molecule has 1 unspecified atom stereocenters. The van der Waals surface area contributed by atoms with Gasteiger partial charge >= 0.3 is 0 Å². The molecule has 0 heterocycles. The lowest BCUT2D eigenvalue weighted by Gasteiger charge is -2.57. The Morgan fingerprint density at radius 3 is 2.42 bits per heavy atom. The molecule has 4 rings (SSSR count). The highest BCUT2D eigenvalue weighted by Gasteiger charge is 2.58. The van der Waals surface area contributed by atoms with Crippen LogP contribution in [0.1, 0.15) is 78.6 Å². The maximum absolute atomic E-state index is 10.5. The number of aliphatic hydroxyl groups is 2. The highest BCUT2D eigenvalue weighted by Crippen LogP contribution is 2.65. The van der Waals surface area contributed by atoms with Gasteiger partial charge in [0.2, 0.25) is 0 Å². The molecule has 0 spiro atoms. The first-order chi connectivity index (χ1) is 11.4. The average Bonchev–Trinajstić information content (AvgIpc) is 2.90. The SMILES string of the molecule is CC(CO)[C@H]1CC[C@H]2[C@@H]3CC[C@@H]4C[C@](C)(O)CC[C@@H]4[C@H]3CC[C@]12C. The molecule has 24 heavy (non-hydrogen) atoms. The van der Waals surface area contributed by atoms with E-state index in [-0.39, 0.29) is 0 Å². The van der Waals surface area contributed by atoms with Crippen LogP contribution in [-0.2, 0) is 0 Å². The zero-order chi connectivity index (χ0) is 17.1. The molecular formula is C22H38O2. The first-order valence-electron chi connectivity index (χ1n) is 10.7. The molecule has 0 saturated heterocycles. The van der Waals surface area contributed by atoms with Gasteiger partial charge in [-0.2, -0.15) is 0 Å². The van der Waals surface area contributed by atoms with Crippen molar-refractivity contribution in [2.24, 2.45) is 46.8 Å². The highest BCUT2D eigenvalue weighted by atomic mass is 16.3. The standard InChI is InChI=1S/C22H38O2/c1-14(13-23)19-6-7-20-18-5-4-15-12-21(2,24)10-8-16(15)17(18)9-11-22(19,20)3/h14-20,23-24H,4-13H2,1-3H3/t14?,15-,16+,17-,18-,19-,20+,21-,22-/m1/s1. The molecule has 2 heteroatoms. The van der Waals surface area contributed by atoms with Crippen molar-refractivity contribution in [1.29, 1.82) is 0 Å². The number of hydrogen-bond donors (Lipinski definition) is 2. The lowest BCUT2D eigenvalue weighted by Crippen LogP contribution is -2.51. The molecular weight excluding hydrogens is 296 g/mol. The molecule has 4 aliphatic carbocycles. The van der Waals surface area contributed by atoms with Crippen LogP contribution in [-0.4, -0.2) is 22.4 Å². The summed E-state index contributed by atoms with van der Waals surface area (Å²) in [4.78, 5) is 0. The van der Waals surface area contributed by atoms with Gasteiger partial charge in [0.05, 0.1) is 5.60 Å². The maximum atomic E-state index is 10.5. The van der Waals surface area contributed by atoms with Gasteiger partial charge in [0.25, 0.3) is 0 Å². The minimum Gasteiger partial charge on any atom is -0.396 e. The fourth-order valence-electron chi connectivity index (χ4n) is 8.18. The summed E-state index contributed by atoms with van der Waals surface area (Å²) in [6, 6.07) is 0. The zero-order valence-corrected chi connectivity index (χ0v) is 16.0. The van der Waals surface area contributed by atoms with Crippen LogP contribution in [0.15, 0.2) is 0 Å². The molecule has 0 radical (unpaired) electrons. The summed E-state index contributed by atoms with van der Waals surface area (Å²) in [7, 11) is 0. The van der Waals surface area contributed by atoms with Gasteiger partial charge in [-0.1, -0.05) is 13.8 Å². The first-order valence-corrected chi connectivity index (χ1v) is 10.7. The van der Waals surface area contributed by atoms with Crippen LogP contribution in [0.4, 0.5) is 0 Å². The van der Waals surface area contributed by atoms with Gasteiger partial charge < -0.3 is 10.2 Å². The van der Waals surface area contributed by atoms with E-state index in [4.69, 9.17) is 0 Å². The minimum absolute atomic E-state index is 0.362. The van der Waals surface area contributed by atoms with Crippen molar-refractivity contribution in [3.8, 4) is 0 Å². The predicted octanol–water partition coefficient (Wildman–Crippen LogP) is 4.63. The largest absolute Gasteiger partial charge is 0.396 e. The van der Waals surface area contributed by atoms with Crippen LogP contribution < -0.4 is 0 Å². The number of hydrogen-bond acceptors (Lipinski definition) is 2. The van der Waals surface area contributed by atoms with E-state index in [1.54, 1.807) is 0 Å². The lowest BCUT2D eigenvalue weighted by atomic mass is 9.48. The summed E-state index contributed by atoms with van der Waals surface area (Å²) < 4.78 is 0. The Labute approximate surface area is 148 Å². The summed E-state index contributed by atoms with van der Waals surface area (Å²) in [5.41, 5.74) is 0.0858. The molecule has 4 aliphatic rings. The molecule has 4 saturated carbocycles. The van der Waals surface area contributed by atoms with Crippen molar-refractivity contribution < 1.29 is 10.2 Å². The highest BCUT2D eigenvalue weighted by molar-refractivity contribution is 5.07. The van der Waals surface area contributed by atoms with E-state index in [1.165, 1.54) is 44.9 Å². The van der Waals surface area contributed by atoms with Crippen molar-refractivity contribution in [2.75, 3.05) is 6.61 Å². The van der Waals surface area contributed by atoms with Crippen LogP contribution in [0.2, 0.25) is 0 Å². The molecule has 2 N–H and O–H groups in total. The smallest absolute Gasteiger partial charge is 0.0622 e. The van der Waals surface area contributed by atoms with E-state index < -0.39 is 5.60 Å². The van der Waals surface area contributed by atoms with E-state index >= 15 is 0 Å². The van der Waals surface area contributed by atoms with Crippen molar-refractivity contribution in [3.05, 3.63) is 0 Å². The third-order valence-corrected chi connectivity index (χ3v) is 9.29. The third kappa shape index (κ3) is 2.58. The summed E-state index contributed by atoms with van der Waals surface area (Å²) in [6.07, 6.45) is 11.6. The normalized spacial score (nSPS) is 55.4. The molecule has 0 bridgehead atoms. The van der Waals surface area contributed by atoms with Gasteiger partial charge in [-0.3, -0.25) is 0 Å². The fraction of sp³-hybridized carbons (Fsp3) is 1.00. The predicted molar refractivity (Wildman–Crippen MR) is 97.5 cm³/mol. The van der Waals surface area contributed by atoms with E-state index in [0.29, 0.717) is 17.9 Å². The summed E-state index contributed by atoms with van der Waals surface area (Å²) >= 11 is 0. The van der Waals surface area contributed by atoms with Crippen LogP contribution in [0.3, 0.4) is 0 Å². The molecule has 2 nitrogen and oxygen atoms in total. The Morgan fingerprint density at radius 1 is 0.917 bits per heavy atom. The average molecular weight is 335 g/mol. The number of rotatable bonds is 2. The van der Waals surface area contributed by atoms with E-state index in [0.717, 1.165) is 48.3 Å². The van der Waals surface area contributed by atoms with E-state index in [2.05, 4.69) is 20.8 Å². The Balaban J connectivity index is 1.53. The molecule has 0 aromatic heterocycles. The Bertz CT molecular complexity index is 473. The second kappa shape index (κ2) is 5.98. The van der Waals surface area contributed by atoms with E-state index in [1.807, 2.05) is 0 Å². The third-order valence-electron chi connectivity index (χ3n) is 9.29. The quantitative estimate of drug-likeness (QED) is 0.772. The Morgan fingerprint density at radius 2 is 1.67 bits per heavy atom. The molecule has 0 aromatic rings. The van der Waals surface area contributed by atoms with Crippen molar-refractivity contribution in [3.63, 3.8) is 0 Å². The lowest BCUT2D eigenvalue weighted by molar-refractivity contribution is -0.103. The summed E-state index contributed by atoms with van der Waals surface area (Å²) in [5, 5.41) is 20.2. The maximum Gasteiger partial charge on any atom is 0.0622 e. The van der Waals surface area contributed by atoms with Crippen LogP contribution in [0, 0.1) is 46.8 Å². The summed E-state index contributed by atoms with van der Waals surface area (Å²) in [6.45, 7) is 7.26.